The Labute approximate surface area is 192 Å². The first-order valence-corrected chi connectivity index (χ1v) is 11.2. The summed E-state index contributed by atoms with van der Waals surface area (Å²) in [5.74, 6) is -0.290. The Kier molecular flexibility index (Phi) is 7.52. The van der Waals surface area contributed by atoms with Crippen LogP contribution in [-0.2, 0) is 6.42 Å². The van der Waals surface area contributed by atoms with Gasteiger partial charge in [0.1, 0.15) is 5.82 Å². The molecular formula is C22H30ClN7O2. The zero-order valence-electron chi connectivity index (χ0n) is 18.4. The number of rotatable bonds is 8. The Hall–Kier alpha value is -2.91. The second-order valence-corrected chi connectivity index (χ2v) is 8.52. The molecule has 1 aliphatic carbocycles. The molecule has 1 heterocycles. The largest absolute Gasteiger partial charge is 0.367 e. The van der Waals surface area contributed by atoms with Crippen molar-refractivity contribution in [2.24, 2.45) is 11.5 Å². The highest BCUT2D eigenvalue weighted by Gasteiger charge is 2.28. The maximum Gasteiger partial charge on any atom is 0.271 e. The van der Waals surface area contributed by atoms with Crippen LogP contribution in [0.3, 0.4) is 0 Å². The van der Waals surface area contributed by atoms with Crippen LogP contribution in [0, 0.1) is 0 Å². The lowest BCUT2D eigenvalue weighted by Gasteiger charge is -2.33. The van der Waals surface area contributed by atoms with Gasteiger partial charge in [0.05, 0.1) is 16.3 Å². The molecule has 1 saturated carbocycles. The van der Waals surface area contributed by atoms with Gasteiger partial charge in [0.2, 0.25) is 0 Å². The molecule has 0 spiro atoms. The minimum absolute atomic E-state index is 0.0176. The average Bonchev–Trinajstić information content (AvgIpc) is 2.78. The normalized spacial score (nSPS) is 15.1. The van der Waals surface area contributed by atoms with Crippen LogP contribution >= 0.6 is 11.6 Å². The van der Waals surface area contributed by atoms with Gasteiger partial charge in [-0.15, -0.1) is 0 Å². The van der Waals surface area contributed by atoms with Crippen LogP contribution in [0.15, 0.2) is 18.2 Å². The Morgan fingerprint density at radius 1 is 1.16 bits per heavy atom. The second kappa shape index (κ2) is 10.1. The van der Waals surface area contributed by atoms with Gasteiger partial charge >= 0.3 is 0 Å². The lowest BCUT2D eigenvalue weighted by atomic mass is 9.82. The van der Waals surface area contributed by atoms with E-state index >= 15 is 0 Å². The number of nitrogens with two attached hydrogens (primary N) is 2. The van der Waals surface area contributed by atoms with Crippen LogP contribution in [0.4, 0.5) is 17.3 Å². The molecule has 1 aliphatic rings. The number of aryl methyl sites for hydroxylation is 1. The Bertz CT molecular complexity index is 1010. The molecule has 0 atom stereocenters. The fourth-order valence-electron chi connectivity index (χ4n) is 3.86. The lowest BCUT2D eigenvalue weighted by Crippen LogP contribution is -2.47. The molecular weight excluding hydrogens is 430 g/mol. The molecule has 0 bridgehead atoms. The van der Waals surface area contributed by atoms with Crippen molar-refractivity contribution >= 4 is 40.7 Å². The fraction of sp³-hybridized carbons (Fsp3) is 0.455. The molecule has 10 heteroatoms. The number of benzene rings is 1. The highest BCUT2D eigenvalue weighted by molar-refractivity contribution is 6.34. The summed E-state index contributed by atoms with van der Waals surface area (Å²) in [6.45, 7) is 2.49. The van der Waals surface area contributed by atoms with Crippen molar-refractivity contribution in [3.8, 4) is 0 Å². The topological polar surface area (TPSA) is 148 Å². The van der Waals surface area contributed by atoms with Crippen molar-refractivity contribution in [2.45, 2.75) is 51.0 Å². The summed E-state index contributed by atoms with van der Waals surface area (Å²) >= 11 is 6.13. The molecule has 1 fully saturated rings. The van der Waals surface area contributed by atoms with Gasteiger partial charge in [0, 0.05) is 24.8 Å². The number of halogens is 1. The van der Waals surface area contributed by atoms with E-state index in [1.165, 1.54) is 13.5 Å². The average molecular weight is 460 g/mol. The van der Waals surface area contributed by atoms with Crippen LogP contribution in [0.5, 0.6) is 0 Å². The number of anilines is 3. The number of carbonyl (C=O) groups is 2. The van der Waals surface area contributed by atoms with Gasteiger partial charge in [-0.2, -0.15) is 0 Å². The molecule has 2 amide bonds. The number of amides is 2. The molecule has 32 heavy (non-hydrogen) atoms. The van der Waals surface area contributed by atoms with E-state index in [0.717, 1.165) is 25.7 Å². The third kappa shape index (κ3) is 5.46. The van der Waals surface area contributed by atoms with Crippen molar-refractivity contribution < 1.29 is 9.59 Å². The standard InChI is InChI=1S/C22H30ClN7O2/c1-3-16-19(27-12-22(25)9-5-4-6-10-22)30-20(17(29-16)18(24)31)28-13-7-8-15(23)14(11-13)21(32)26-2/h7-8,11H,3-6,9-10,12,25H2,1-2H3,(H2,24,31)(H,26,32)(H2,27,28,30). The van der Waals surface area contributed by atoms with E-state index in [2.05, 4.69) is 25.9 Å². The van der Waals surface area contributed by atoms with Gasteiger partial charge in [-0.25, -0.2) is 9.97 Å². The monoisotopic (exact) mass is 459 g/mol. The molecule has 0 radical (unpaired) electrons. The fourth-order valence-corrected chi connectivity index (χ4v) is 4.06. The Morgan fingerprint density at radius 2 is 1.88 bits per heavy atom. The Balaban J connectivity index is 1.93. The van der Waals surface area contributed by atoms with Crippen LogP contribution in [0.2, 0.25) is 5.02 Å². The summed E-state index contributed by atoms with van der Waals surface area (Å²) in [4.78, 5) is 33.2. The first-order chi connectivity index (χ1) is 15.3. The number of hydrogen-bond acceptors (Lipinski definition) is 7. The third-order valence-corrected chi connectivity index (χ3v) is 6.02. The molecule has 0 saturated heterocycles. The maximum absolute atomic E-state index is 12.1. The summed E-state index contributed by atoms with van der Waals surface area (Å²) in [5.41, 5.74) is 13.3. The zero-order chi connectivity index (χ0) is 23.3. The van der Waals surface area contributed by atoms with Crippen molar-refractivity contribution in [3.05, 3.63) is 40.2 Å². The summed E-state index contributed by atoms with van der Waals surface area (Å²) in [6.07, 6.45) is 5.90. The molecule has 9 nitrogen and oxygen atoms in total. The molecule has 7 N–H and O–H groups in total. The third-order valence-electron chi connectivity index (χ3n) is 5.69. The van der Waals surface area contributed by atoms with E-state index in [1.54, 1.807) is 18.2 Å². The second-order valence-electron chi connectivity index (χ2n) is 8.11. The number of primary amides is 1. The minimum atomic E-state index is -0.704. The van der Waals surface area contributed by atoms with E-state index in [-0.39, 0.29) is 23.0 Å². The van der Waals surface area contributed by atoms with Crippen molar-refractivity contribution in [3.63, 3.8) is 0 Å². The van der Waals surface area contributed by atoms with Gasteiger partial charge < -0.3 is 27.4 Å². The zero-order valence-corrected chi connectivity index (χ0v) is 19.2. The lowest BCUT2D eigenvalue weighted by molar-refractivity contribution is 0.0961. The van der Waals surface area contributed by atoms with Crippen molar-refractivity contribution in [2.75, 3.05) is 24.2 Å². The molecule has 2 aromatic rings. The number of nitrogens with one attached hydrogen (secondary N) is 3. The van der Waals surface area contributed by atoms with Crippen molar-refractivity contribution in [1.82, 2.24) is 15.3 Å². The minimum Gasteiger partial charge on any atom is -0.367 e. The van der Waals surface area contributed by atoms with Gasteiger partial charge in [-0.05, 0) is 37.5 Å². The highest BCUT2D eigenvalue weighted by atomic mass is 35.5. The SMILES string of the molecule is CCc1nc(C(N)=O)c(Nc2ccc(Cl)c(C(=O)NC)c2)nc1NCC1(N)CCCCC1. The summed E-state index contributed by atoms with van der Waals surface area (Å²) in [5, 5.41) is 9.24. The van der Waals surface area contributed by atoms with E-state index in [9.17, 15) is 9.59 Å². The van der Waals surface area contributed by atoms with Crippen LogP contribution in [-0.4, -0.2) is 40.9 Å². The predicted molar refractivity (Wildman–Crippen MR) is 127 cm³/mol. The smallest absolute Gasteiger partial charge is 0.271 e. The molecule has 1 aromatic heterocycles. The van der Waals surface area contributed by atoms with E-state index in [1.807, 2.05) is 6.92 Å². The van der Waals surface area contributed by atoms with E-state index in [0.29, 0.717) is 40.8 Å². The van der Waals surface area contributed by atoms with Gasteiger partial charge in [0.25, 0.3) is 11.8 Å². The predicted octanol–water partition coefficient (Wildman–Crippen LogP) is 2.97. The van der Waals surface area contributed by atoms with Crippen molar-refractivity contribution in [1.29, 1.82) is 0 Å². The van der Waals surface area contributed by atoms with Gasteiger partial charge in [-0.3, -0.25) is 9.59 Å². The summed E-state index contributed by atoms with van der Waals surface area (Å²) in [7, 11) is 1.52. The number of nitrogens with zero attached hydrogens (tertiary/aromatic N) is 2. The van der Waals surface area contributed by atoms with E-state index in [4.69, 9.17) is 23.1 Å². The summed E-state index contributed by atoms with van der Waals surface area (Å²) in [6, 6.07) is 4.84. The number of aromatic nitrogens is 2. The van der Waals surface area contributed by atoms with Crippen LogP contribution in [0.1, 0.15) is 65.6 Å². The first kappa shape index (κ1) is 23.7. The molecule has 0 aliphatic heterocycles. The van der Waals surface area contributed by atoms with E-state index < -0.39 is 5.91 Å². The maximum atomic E-state index is 12.1. The molecule has 0 unspecified atom stereocenters. The summed E-state index contributed by atoms with van der Waals surface area (Å²) < 4.78 is 0. The first-order valence-electron chi connectivity index (χ1n) is 10.8. The number of hydrogen-bond donors (Lipinski definition) is 5. The number of carbonyl (C=O) groups excluding carboxylic acids is 2. The Morgan fingerprint density at radius 3 is 2.50 bits per heavy atom. The van der Waals surface area contributed by atoms with Crippen LogP contribution in [0.25, 0.3) is 0 Å². The van der Waals surface area contributed by atoms with Gasteiger partial charge in [-0.1, -0.05) is 37.8 Å². The molecule has 3 rings (SSSR count). The quantitative estimate of drug-likeness (QED) is 0.407. The van der Waals surface area contributed by atoms with Crippen LogP contribution < -0.4 is 27.4 Å². The molecule has 172 valence electrons. The highest BCUT2D eigenvalue weighted by Crippen LogP contribution is 2.28. The molecule has 1 aromatic carbocycles. The van der Waals surface area contributed by atoms with Gasteiger partial charge in [0.15, 0.2) is 11.5 Å².